The lowest BCUT2D eigenvalue weighted by Crippen LogP contribution is -2.35. The highest BCUT2D eigenvalue weighted by Gasteiger charge is 2.20. The number of thioether (sulfide) groups is 1. The Morgan fingerprint density at radius 3 is 2.42 bits per heavy atom. The normalized spacial score (nSPS) is 13.5. The minimum absolute atomic E-state index is 0. The fourth-order valence-electron chi connectivity index (χ4n) is 2.66. The molecular formula is C20H22BrClN2OS. The van der Waals surface area contributed by atoms with Gasteiger partial charge in [-0.2, -0.15) is 0 Å². The van der Waals surface area contributed by atoms with Crippen molar-refractivity contribution in [3.05, 3.63) is 64.7 Å². The van der Waals surface area contributed by atoms with Gasteiger partial charge in [-0.15, -0.1) is 17.0 Å². The van der Waals surface area contributed by atoms with Crippen molar-refractivity contribution < 1.29 is 4.79 Å². The zero-order valence-corrected chi connectivity index (χ0v) is 17.9. The lowest BCUT2D eigenvalue weighted by atomic mass is 10.1. The van der Waals surface area contributed by atoms with Crippen molar-refractivity contribution in [2.45, 2.75) is 19.8 Å². The Labute approximate surface area is 174 Å². The smallest absolute Gasteiger partial charge is 0.182 e. The van der Waals surface area contributed by atoms with Crippen LogP contribution >= 0.6 is 40.3 Å². The second-order valence-corrected chi connectivity index (χ2v) is 7.40. The van der Waals surface area contributed by atoms with Crippen molar-refractivity contribution in [2.24, 2.45) is 4.99 Å². The minimum Gasteiger partial charge on any atom is -0.313 e. The summed E-state index contributed by atoms with van der Waals surface area (Å²) in [6, 6.07) is 15.4. The highest BCUT2D eigenvalue weighted by atomic mass is 79.9. The van der Waals surface area contributed by atoms with E-state index in [0.29, 0.717) is 10.6 Å². The first kappa shape index (κ1) is 21.0. The van der Waals surface area contributed by atoms with Crippen LogP contribution in [0.4, 0.5) is 5.69 Å². The van der Waals surface area contributed by atoms with Gasteiger partial charge in [-0.1, -0.05) is 42.4 Å². The summed E-state index contributed by atoms with van der Waals surface area (Å²) < 4.78 is 0. The van der Waals surface area contributed by atoms with Crippen LogP contribution in [-0.2, 0) is 6.42 Å². The first-order chi connectivity index (χ1) is 12.2. The van der Waals surface area contributed by atoms with Gasteiger partial charge in [-0.25, -0.2) is 0 Å². The van der Waals surface area contributed by atoms with E-state index in [1.165, 1.54) is 5.56 Å². The standard InChI is InChI=1S/C20H21ClN2OS.BrH/c1-2-15-4-10-18(11-5-15)23(20-22-12-3-13-25-20)14-19(24)16-6-8-17(21)9-7-16;/h4-11H,2-3,12-14H2,1H3;1H. The van der Waals surface area contributed by atoms with Gasteiger partial charge in [-0.05, 0) is 54.8 Å². The molecule has 6 heteroatoms. The Hall–Kier alpha value is -1.30. The fraction of sp³-hybridized carbons (Fsp3) is 0.300. The van der Waals surface area contributed by atoms with Crippen LogP contribution in [0.2, 0.25) is 5.02 Å². The molecule has 0 spiro atoms. The molecule has 0 saturated carbocycles. The summed E-state index contributed by atoms with van der Waals surface area (Å²) in [5.41, 5.74) is 2.96. The first-order valence-corrected chi connectivity index (χ1v) is 9.86. The molecule has 1 heterocycles. The van der Waals surface area contributed by atoms with E-state index in [9.17, 15) is 4.79 Å². The highest BCUT2D eigenvalue weighted by Crippen LogP contribution is 2.24. The maximum Gasteiger partial charge on any atom is 0.182 e. The number of benzene rings is 2. The summed E-state index contributed by atoms with van der Waals surface area (Å²) in [6.07, 6.45) is 2.08. The number of rotatable bonds is 5. The predicted octanol–water partition coefficient (Wildman–Crippen LogP) is 5.66. The van der Waals surface area contributed by atoms with E-state index in [2.05, 4.69) is 36.2 Å². The van der Waals surface area contributed by atoms with Gasteiger partial charge in [0.25, 0.3) is 0 Å². The molecule has 0 amide bonds. The third kappa shape index (κ3) is 5.35. The number of carbonyl (C=O) groups excluding carboxylic acids is 1. The average molecular weight is 454 g/mol. The summed E-state index contributed by atoms with van der Waals surface area (Å²) in [4.78, 5) is 19.4. The molecule has 0 saturated heterocycles. The Morgan fingerprint density at radius 1 is 1.15 bits per heavy atom. The lowest BCUT2D eigenvalue weighted by Gasteiger charge is -2.27. The van der Waals surface area contributed by atoms with Crippen molar-refractivity contribution in [1.82, 2.24) is 0 Å². The largest absolute Gasteiger partial charge is 0.313 e. The topological polar surface area (TPSA) is 32.7 Å². The molecule has 2 aromatic rings. The fourth-order valence-corrected chi connectivity index (χ4v) is 3.75. The molecular weight excluding hydrogens is 432 g/mol. The molecule has 0 aromatic heterocycles. The number of halogens is 2. The number of carbonyl (C=O) groups is 1. The van der Waals surface area contributed by atoms with Crippen molar-refractivity contribution in [3.63, 3.8) is 0 Å². The zero-order valence-electron chi connectivity index (χ0n) is 14.7. The molecule has 0 fully saturated rings. The summed E-state index contributed by atoms with van der Waals surface area (Å²) >= 11 is 7.64. The molecule has 0 N–H and O–H groups in total. The number of hydrogen-bond acceptors (Lipinski definition) is 4. The minimum atomic E-state index is 0. The molecule has 0 radical (unpaired) electrons. The van der Waals surface area contributed by atoms with Gasteiger partial charge in [0.15, 0.2) is 11.0 Å². The first-order valence-electron chi connectivity index (χ1n) is 8.50. The van der Waals surface area contributed by atoms with Crippen LogP contribution in [0.25, 0.3) is 0 Å². The van der Waals surface area contributed by atoms with Crippen molar-refractivity contribution in [3.8, 4) is 0 Å². The number of anilines is 1. The van der Waals surface area contributed by atoms with E-state index in [1.54, 1.807) is 36.0 Å². The van der Waals surface area contributed by atoms with Gasteiger partial charge in [0, 0.05) is 28.6 Å². The van der Waals surface area contributed by atoms with Gasteiger partial charge >= 0.3 is 0 Å². The van der Waals surface area contributed by atoms with Crippen LogP contribution in [0.5, 0.6) is 0 Å². The quantitative estimate of drug-likeness (QED) is 0.547. The van der Waals surface area contributed by atoms with Crippen LogP contribution in [0.1, 0.15) is 29.3 Å². The third-order valence-corrected chi connectivity index (χ3v) is 5.49. The molecule has 0 aliphatic carbocycles. The predicted molar refractivity (Wildman–Crippen MR) is 119 cm³/mol. The molecule has 0 bridgehead atoms. The maximum absolute atomic E-state index is 12.8. The van der Waals surface area contributed by atoms with E-state index in [1.807, 2.05) is 4.90 Å². The molecule has 138 valence electrons. The van der Waals surface area contributed by atoms with Gasteiger partial charge in [0.1, 0.15) is 0 Å². The average Bonchev–Trinajstić information content (AvgIpc) is 2.67. The number of hydrogen-bond donors (Lipinski definition) is 0. The molecule has 3 rings (SSSR count). The lowest BCUT2D eigenvalue weighted by molar-refractivity contribution is 0.100. The highest BCUT2D eigenvalue weighted by molar-refractivity contribution is 8.93. The molecule has 1 aliphatic rings. The molecule has 0 unspecified atom stereocenters. The van der Waals surface area contributed by atoms with Gasteiger partial charge in [0.05, 0.1) is 6.54 Å². The van der Waals surface area contributed by atoms with Gasteiger partial charge < -0.3 is 4.90 Å². The number of amidine groups is 1. The molecule has 3 nitrogen and oxygen atoms in total. The van der Waals surface area contributed by atoms with Crippen molar-refractivity contribution in [2.75, 3.05) is 23.7 Å². The van der Waals surface area contributed by atoms with Crippen molar-refractivity contribution in [1.29, 1.82) is 0 Å². The Balaban J connectivity index is 0.00000243. The Morgan fingerprint density at radius 2 is 1.85 bits per heavy atom. The molecule has 2 aromatic carbocycles. The zero-order chi connectivity index (χ0) is 17.6. The van der Waals surface area contributed by atoms with E-state index < -0.39 is 0 Å². The summed E-state index contributed by atoms with van der Waals surface area (Å²) in [5, 5.41) is 1.56. The number of aliphatic imine (C=N–C) groups is 1. The van der Waals surface area contributed by atoms with Crippen LogP contribution in [0.3, 0.4) is 0 Å². The van der Waals surface area contributed by atoms with Crippen LogP contribution in [0, 0.1) is 0 Å². The van der Waals surface area contributed by atoms with E-state index in [-0.39, 0.29) is 29.3 Å². The molecule has 26 heavy (non-hydrogen) atoms. The summed E-state index contributed by atoms with van der Waals surface area (Å²) in [6.45, 7) is 3.23. The monoisotopic (exact) mass is 452 g/mol. The number of ketones is 1. The van der Waals surface area contributed by atoms with Gasteiger partial charge in [0.2, 0.25) is 0 Å². The van der Waals surface area contributed by atoms with Crippen LogP contribution in [-0.4, -0.2) is 29.8 Å². The van der Waals surface area contributed by atoms with Crippen molar-refractivity contribution >= 4 is 57.0 Å². The van der Waals surface area contributed by atoms with Crippen LogP contribution < -0.4 is 4.90 Å². The SMILES string of the molecule is Br.CCc1ccc(N(CC(=O)c2ccc(Cl)cc2)C2=NCCCS2)cc1. The number of aryl methyl sites for hydroxylation is 1. The summed E-state index contributed by atoms with van der Waals surface area (Å²) in [7, 11) is 0. The molecule has 0 atom stereocenters. The van der Waals surface area contributed by atoms with Crippen LogP contribution in [0.15, 0.2) is 53.5 Å². The number of Topliss-reactive ketones (excluding diaryl/α,β-unsaturated/α-hetero) is 1. The van der Waals surface area contributed by atoms with Gasteiger partial charge in [-0.3, -0.25) is 9.79 Å². The maximum atomic E-state index is 12.8. The number of nitrogens with zero attached hydrogens (tertiary/aromatic N) is 2. The Bertz CT molecular complexity index is 762. The second-order valence-electron chi connectivity index (χ2n) is 5.90. The Kier molecular flexibility index (Phi) is 8.19. The molecule has 1 aliphatic heterocycles. The third-order valence-electron chi connectivity index (χ3n) is 4.14. The van der Waals surface area contributed by atoms with E-state index in [0.717, 1.165) is 36.0 Å². The van der Waals surface area contributed by atoms with E-state index >= 15 is 0 Å². The summed E-state index contributed by atoms with van der Waals surface area (Å²) in [5.74, 6) is 1.10. The second kappa shape index (κ2) is 10.1. The van der Waals surface area contributed by atoms with E-state index in [4.69, 9.17) is 11.6 Å².